The monoisotopic (exact) mass is 376 g/mol. The number of nitrogens with one attached hydrogen (secondary N) is 1. The lowest BCUT2D eigenvalue weighted by Gasteiger charge is -2.29. The topological polar surface area (TPSA) is 128 Å². The average molecular weight is 376 g/mol. The van der Waals surface area contributed by atoms with Gasteiger partial charge in [-0.05, 0) is 13.8 Å². The lowest BCUT2D eigenvalue weighted by molar-refractivity contribution is -0.385. The van der Waals surface area contributed by atoms with E-state index in [1.807, 2.05) is 0 Å². The molecule has 1 aliphatic rings. The van der Waals surface area contributed by atoms with Gasteiger partial charge in [0.25, 0.3) is 5.69 Å². The molecule has 0 radical (unpaired) electrons. The number of aliphatic carboxylic acids is 1. The number of nitro groups is 1. The Bertz CT molecular complexity index is 842. The van der Waals surface area contributed by atoms with Gasteiger partial charge in [0.15, 0.2) is 0 Å². The molecular formula is C18H20N2O7. The van der Waals surface area contributed by atoms with Crippen molar-refractivity contribution in [1.29, 1.82) is 0 Å². The predicted molar refractivity (Wildman–Crippen MR) is 94.8 cm³/mol. The molecule has 0 amide bonds. The zero-order valence-corrected chi connectivity index (χ0v) is 15.1. The van der Waals surface area contributed by atoms with Crippen LogP contribution in [0.2, 0.25) is 0 Å². The molecule has 0 aliphatic carbocycles. The van der Waals surface area contributed by atoms with Gasteiger partial charge in [0, 0.05) is 30.1 Å². The Morgan fingerprint density at radius 1 is 1.19 bits per heavy atom. The van der Waals surface area contributed by atoms with Gasteiger partial charge in [-0.2, -0.15) is 0 Å². The zero-order chi connectivity index (χ0) is 20.1. The number of esters is 1. The number of carbonyl (C=O) groups excluding carboxylic acids is 1. The van der Waals surface area contributed by atoms with Crippen LogP contribution in [0.4, 0.5) is 5.69 Å². The number of dihydropyridines is 1. The summed E-state index contributed by atoms with van der Waals surface area (Å²) in [5.41, 5.74) is 0.390. The number of nitro benzene ring substituents is 1. The minimum atomic E-state index is -1.28. The number of carbonyl (C=O) groups is 2. The van der Waals surface area contributed by atoms with Gasteiger partial charge in [-0.15, -0.1) is 0 Å². The van der Waals surface area contributed by atoms with Gasteiger partial charge < -0.3 is 19.9 Å². The highest BCUT2D eigenvalue weighted by Gasteiger charge is 2.40. The van der Waals surface area contributed by atoms with Crippen molar-refractivity contribution < 1.29 is 29.1 Å². The third kappa shape index (κ3) is 4.14. The standard InChI is InChI=1S/C18H20N2O7/c1-10-14(17(21)22)16(12-6-4-5-7-13(12)20(24)25)15(11(2)19-10)18(23)27-9-8-26-3/h4-7,16,19H,8-9H2,1-3H3,(H,21,22). The number of ether oxygens (including phenoxy) is 2. The van der Waals surface area contributed by atoms with Crippen molar-refractivity contribution in [2.45, 2.75) is 19.8 Å². The Morgan fingerprint density at radius 3 is 2.41 bits per heavy atom. The molecule has 0 aromatic heterocycles. The van der Waals surface area contributed by atoms with Crippen molar-refractivity contribution in [2.24, 2.45) is 0 Å². The van der Waals surface area contributed by atoms with E-state index in [4.69, 9.17) is 9.47 Å². The number of benzene rings is 1. The van der Waals surface area contributed by atoms with Gasteiger partial charge in [0.2, 0.25) is 0 Å². The van der Waals surface area contributed by atoms with E-state index < -0.39 is 22.8 Å². The molecule has 27 heavy (non-hydrogen) atoms. The molecule has 144 valence electrons. The Hall–Kier alpha value is -3.20. The number of nitrogens with zero attached hydrogens (tertiary/aromatic N) is 1. The minimum absolute atomic E-state index is 0.0170. The molecule has 0 spiro atoms. The summed E-state index contributed by atoms with van der Waals surface area (Å²) in [7, 11) is 1.45. The summed E-state index contributed by atoms with van der Waals surface area (Å²) < 4.78 is 10.0. The van der Waals surface area contributed by atoms with E-state index >= 15 is 0 Å². The van der Waals surface area contributed by atoms with E-state index in [0.29, 0.717) is 11.4 Å². The third-order valence-electron chi connectivity index (χ3n) is 4.18. The Kier molecular flexibility index (Phi) is 6.30. The van der Waals surface area contributed by atoms with E-state index in [9.17, 15) is 24.8 Å². The van der Waals surface area contributed by atoms with Crippen LogP contribution in [0.15, 0.2) is 46.8 Å². The highest BCUT2D eigenvalue weighted by molar-refractivity contribution is 5.99. The maximum atomic E-state index is 12.7. The van der Waals surface area contributed by atoms with Crippen molar-refractivity contribution in [2.75, 3.05) is 20.3 Å². The van der Waals surface area contributed by atoms with Crippen LogP contribution in [0.3, 0.4) is 0 Å². The maximum Gasteiger partial charge on any atom is 0.336 e. The molecule has 1 unspecified atom stereocenters. The fraction of sp³-hybridized carbons (Fsp3) is 0.333. The molecule has 9 nitrogen and oxygen atoms in total. The van der Waals surface area contributed by atoms with Gasteiger partial charge in [-0.25, -0.2) is 9.59 Å². The van der Waals surface area contributed by atoms with Crippen LogP contribution in [0.5, 0.6) is 0 Å². The van der Waals surface area contributed by atoms with Gasteiger partial charge >= 0.3 is 11.9 Å². The van der Waals surface area contributed by atoms with E-state index in [0.717, 1.165) is 0 Å². The van der Waals surface area contributed by atoms with Crippen LogP contribution in [0.25, 0.3) is 0 Å². The van der Waals surface area contributed by atoms with Gasteiger partial charge in [-0.3, -0.25) is 10.1 Å². The third-order valence-corrected chi connectivity index (χ3v) is 4.18. The Labute approximate surface area is 155 Å². The van der Waals surface area contributed by atoms with Crippen LogP contribution in [-0.2, 0) is 19.1 Å². The summed E-state index contributed by atoms with van der Waals surface area (Å²) in [6.45, 7) is 3.28. The SMILES string of the molecule is COCCOC(=O)C1=C(C)NC(C)=C(C(=O)O)C1c1ccccc1[N+](=O)[O-]. The van der Waals surface area contributed by atoms with Crippen LogP contribution in [0, 0.1) is 10.1 Å². The number of para-hydroxylation sites is 1. The molecule has 0 saturated carbocycles. The molecule has 0 bridgehead atoms. The zero-order valence-electron chi connectivity index (χ0n) is 15.1. The first-order valence-corrected chi connectivity index (χ1v) is 8.10. The van der Waals surface area contributed by atoms with E-state index in [-0.39, 0.29) is 35.6 Å². The Morgan fingerprint density at radius 2 is 1.81 bits per heavy atom. The summed E-state index contributed by atoms with van der Waals surface area (Å²) in [5, 5.41) is 24.0. The van der Waals surface area contributed by atoms with Crippen LogP contribution < -0.4 is 5.32 Å². The normalized spacial score (nSPS) is 16.8. The van der Waals surface area contributed by atoms with E-state index in [2.05, 4.69) is 5.32 Å². The fourth-order valence-electron chi connectivity index (χ4n) is 3.05. The number of methoxy groups -OCH3 is 1. The molecule has 0 saturated heterocycles. The first kappa shape index (κ1) is 20.1. The molecule has 1 aromatic rings. The van der Waals surface area contributed by atoms with Gasteiger partial charge in [0.05, 0.1) is 28.6 Å². The molecule has 0 fully saturated rings. The summed E-state index contributed by atoms with van der Waals surface area (Å²) in [4.78, 5) is 35.4. The first-order valence-electron chi connectivity index (χ1n) is 8.10. The maximum absolute atomic E-state index is 12.7. The van der Waals surface area contributed by atoms with Crippen molar-refractivity contribution in [3.63, 3.8) is 0 Å². The van der Waals surface area contributed by atoms with Crippen molar-refractivity contribution >= 4 is 17.6 Å². The highest BCUT2D eigenvalue weighted by Crippen LogP contribution is 2.42. The minimum Gasteiger partial charge on any atom is -0.478 e. The Balaban J connectivity index is 2.64. The van der Waals surface area contributed by atoms with E-state index in [1.165, 1.54) is 25.3 Å². The number of hydrogen-bond acceptors (Lipinski definition) is 7. The molecule has 1 atom stereocenters. The van der Waals surface area contributed by atoms with Gasteiger partial charge in [0.1, 0.15) is 6.61 Å². The number of carboxylic acid groups (broad SMARTS) is 1. The molecule has 1 aliphatic heterocycles. The molecule has 1 heterocycles. The molecule has 1 aromatic carbocycles. The lowest BCUT2D eigenvalue weighted by atomic mass is 9.79. The van der Waals surface area contributed by atoms with Gasteiger partial charge in [-0.1, -0.05) is 18.2 Å². The summed E-state index contributed by atoms with van der Waals surface area (Å²) in [6, 6.07) is 5.75. The summed E-state index contributed by atoms with van der Waals surface area (Å²) >= 11 is 0. The largest absolute Gasteiger partial charge is 0.478 e. The highest BCUT2D eigenvalue weighted by atomic mass is 16.6. The number of hydrogen-bond donors (Lipinski definition) is 2. The van der Waals surface area contributed by atoms with Crippen LogP contribution >= 0.6 is 0 Å². The summed E-state index contributed by atoms with van der Waals surface area (Å²) in [5.74, 6) is -3.18. The lowest BCUT2D eigenvalue weighted by Crippen LogP contribution is -2.32. The quantitative estimate of drug-likeness (QED) is 0.320. The first-order chi connectivity index (χ1) is 12.8. The van der Waals surface area contributed by atoms with Crippen LogP contribution in [-0.4, -0.2) is 42.3 Å². The van der Waals surface area contributed by atoms with Crippen molar-refractivity contribution in [1.82, 2.24) is 5.32 Å². The van der Waals surface area contributed by atoms with E-state index in [1.54, 1.807) is 19.9 Å². The smallest absolute Gasteiger partial charge is 0.336 e. The second-order valence-corrected chi connectivity index (χ2v) is 5.89. The number of rotatable bonds is 7. The number of carboxylic acids is 1. The molecular weight excluding hydrogens is 356 g/mol. The average Bonchev–Trinajstić information content (AvgIpc) is 2.60. The number of allylic oxidation sites excluding steroid dienone is 2. The molecule has 2 N–H and O–H groups in total. The van der Waals surface area contributed by atoms with Crippen LogP contribution in [0.1, 0.15) is 25.3 Å². The molecule has 9 heteroatoms. The summed E-state index contributed by atoms with van der Waals surface area (Å²) in [6.07, 6.45) is 0. The van der Waals surface area contributed by atoms with Crippen molar-refractivity contribution in [3.05, 3.63) is 62.5 Å². The second-order valence-electron chi connectivity index (χ2n) is 5.89. The fourth-order valence-corrected chi connectivity index (χ4v) is 3.05. The predicted octanol–water partition coefficient (Wildman–Crippen LogP) is 2.10. The van der Waals surface area contributed by atoms with Crippen molar-refractivity contribution in [3.8, 4) is 0 Å². The molecule has 2 rings (SSSR count). The second kappa shape index (κ2) is 8.45.